The van der Waals surface area contributed by atoms with Gasteiger partial charge in [-0.2, -0.15) is 0 Å². The number of thiazole rings is 1. The highest BCUT2D eigenvalue weighted by Gasteiger charge is 2.11. The molecule has 0 unspecified atom stereocenters. The van der Waals surface area contributed by atoms with E-state index in [1.165, 1.54) is 33.3 Å². The summed E-state index contributed by atoms with van der Waals surface area (Å²) in [4.78, 5) is 38.5. The third-order valence-corrected chi connectivity index (χ3v) is 6.57. The Morgan fingerprint density at radius 3 is 2.55 bits per heavy atom. The molecule has 0 saturated carbocycles. The van der Waals surface area contributed by atoms with Gasteiger partial charge in [-0.1, -0.05) is 29.8 Å². The van der Waals surface area contributed by atoms with Crippen LogP contribution in [0.15, 0.2) is 40.5 Å². The van der Waals surface area contributed by atoms with Crippen LogP contribution in [-0.4, -0.2) is 23.1 Å². The third-order valence-electron chi connectivity index (χ3n) is 4.54. The summed E-state index contributed by atoms with van der Waals surface area (Å²) in [6.07, 6.45) is 3.07. The van der Waals surface area contributed by atoms with E-state index < -0.39 is 5.97 Å². The average Bonchev–Trinajstić information content (AvgIpc) is 3.26. The highest BCUT2D eigenvalue weighted by molar-refractivity contribution is 7.11. The number of aryl methyl sites for hydroxylation is 2. The summed E-state index contributed by atoms with van der Waals surface area (Å²) in [5.41, 5.74) is 2.87. The van der Waals surface area contributed by atoms with Crippen LogP contribution in [0.1, 0.15) is 28.5 Å². The molecule has 3 rings (SSSR count). The van der Waals surface area contributed by atoms with Crippen LogP contribution in [-0.2, 0) is 27.4 Å². The van der Waals surface area contributed by atoms with E-state index in [4.69, 9.17) is 4.74 Å². The number of hydrogen-bond donors (Lipinski definition) is 1. The fourth-order valence-electron chi connectivity index (χ4n) is 2.84. The van der Waals surface area contributed by atoms with E-state index in [-0.39, 0.29) is 24.6 Å². The van der Waals surface area contributed by atoms with E-state index in [0.717, 1.165) is 21.6 Å². The summed E-state index contributed by atoms with van der Waals surface area (Å²) in [5, 5.41) is 4.79. The van der Waals surface area contributed by atoms with Gasteiger partial charge in [-0.25, -0.2) is 4.79 Å². The maximum Gasteiger partial charge on any atom is 0.333 e. The molecular formula is C23H24N2O4S2. The van der Waals surface area contributed by atoms with Gasteiger partial charge in [0.15, 0.2) is 0 Å². The molecule has 0 fully saturated rings. The smallest absolute Gasteiger partial charge is 0.333 e. The largest absolute Gasteiger partial charge is 0.463 e. The quantitative estimate of drug-likeness (QED) is 0.552. The Morgan fingerprint density at radius 2 is 1.90 bits per heavy atom. The molecule has 1 N–H and O–H groups in total. The minimum absolute atomic E-state index is 0.177. The fraction of sp³-hybridized carbons (Fsp3) is 0.261. The second-order valence-electron chi connectivity index (χ2n) is 6.97. The Morgan fingerprint density at radius 1 is 1.16 bits per heavy atom. The maximum absolute atomic E-state index is 13.0. The zero-order valence-corrected chi connectivity index (χ0v) is 19.3. The van der Waals surface area contributed by atoms with Gasteiger partial charge in [0.2, 0.25) is 5.91 Å². The zero-order valence-electron chi connectivity index (χ0n) is 17.6. The van der Waals surface area contributed by atoms with E-state index in [1.54, 1.807) is 13.0 Å². The molecule has 0 atom stereocenters. The first kappa shape index (κ1) is 22.7. The molecule has 0 spiro atoms. The zero-order chi connectivity index (χ0) is 22.4. The molecule has 0 aliphatic heterocycles. The highest BCUT2D eigenvalue weighted by atomic mass is 32.1. The van der Waals surface area contributed by atoms with E-state index in [1.807, 2.05) is 49.6 Å². The molecule has 0 aliphatic rings. The van der Waals surface area contributed by atoms with Crippen molar-refractivity contribution in [2.24, 2.45) is 0 Å². The number of ether oxygens (including phenoxy) is 1. The number of amides is 1. The highest BCUT2D eigenvalue weighted by Crippen LogP contribution is 2.15. The summed E-state index contributed by atoms with van der Waals surface area (Å²) >= 11 is 2.70. The number of rotatable bonds is 7. The van der Waals surface area contributed by atoms with Gasteiger partial charge in [0.1, 0.15) is 11.2 Å². The van der Waals surface area contributed by atoms with Gasteiger partial charge in [-0.3, -0.25) is 14.2 Å². The van der Waals surface area contributed by atoms with Crippen molar-refractivity contribution in [3.8, 4) is 0 Å². The van der Waals surface area contributed by atoms with Gasteiger partial charge in [0, 0.05) is 11.4 Å². The summed E-state index contributed by atoms with van der Waals surface area (Å²) in [6, 6.07) is 9.83. The Bertz CT molecular complexity index is 1250. The van der Waals surface area contributed by atoms with Crippen molar-refractivity contribution in [3.63, 3.8) is 0 Å². The van der Waals surface area contributed by atoms with Crippen LogP contribution in [0.3, 0.4) is 0 Å². The van der Waals surface area contributed by atoms with Gasteiger partial charge in [-0.05, 0) is 49.4 Å². The normalized spacial score (nSPS) is 12.2. The van der Waals surface area contributed by atoms with Crippen LogP contribution in [0, 0.1) is 13.8 Å². The first-order valence-electron chi connectivity index (χ1n) is 9.83. The molecule has 3 aromatic rings. The van der Waals surface area contributed by atoms with E-state index >= 15 is 0 Å². The Kier molecular flexibility index (Phi) is 7.59. The summed E-state index contributed by atoms with van der Waals surface area (Å²) in [6.45, 7) is 6.10. The molecule has 2 aromatic heterocycles. The lowest BCUT2D eigenvalue weighted by molar-refractivity contribution is -0.135. The number of benzene rings is 1. The Labute approximate surface area is 188 Å². The molecule has 1 aromatic carbocycles. The molecule has 0 saturated heterocycles. The molecule has 31 heavy (non-hydrogen) atoms. The van der Waals surface area contributed by atoms with Gasteiger partial charge in [0.05, 0.1) is 17.2 Å². The van der Waals surface area contributed by atoms with E-state index in [2.05, 4.69) is 5.32 Å². The Hall–Kier alpha value is -2.97. The minimum atomic E-state index is -0.545. The second kappa shape index (κ2) is 10.4. The SMILES string of the molecule is CCOC(=O)/C=c1\s/c(=C\c2sccc2C)c(=O)n1CC(=O)NCc1ccc(C)cc1. The van der Waals surface area contributed by atoms with Crippen LogP contribution in [0.4, 0.5) is 0 Å². The van der Waals surface area contributed by atoms with Gasteiger partial charge in [-0.15, -0.1) is 22.7 Å². The standard InChI is InChI=1S/C23H24N2O4S2/c1-4-29-22(27)12-21-25(14-20(26)24-13-17-7-5-15(2)6-8-17)23(28)19(31-21)11-18-16(3)9-10-30-18/h5-12H,4,13-14H2,1-3H3,(H,24,26)/b19-11-,21-12-. The van der Waals surface area contributed by atoms with Gasteiger partial charge >= 0.3 is 5.97 Å². The van der Waals surface area contributed by atoms with Crippen LogP contribution in [0.2, 0.25) is 0 Å². The van der Waals surface area contributed by atoms with Crippen molar-refractivity contribution in [1.82, 2.24) is 9.88 Å². The van der Waals surface area contributed by atoms with E-state index in [9.17, 15) is 14.4 Å². The van der Waals surface area contributed by atoms with Crippen LogP contribution in [0.5, 0.6) is 0 Å². The number of nitrogens with zero attached hydrogens (tertiary/aromatic N) is 1. The number of aromatic nitrogens is 1. The van der Waals surface area contributed by atoms with Crippen molar-refractivity contribution in [2.45, 2.75) is 33.9 Å². The molecule has 0 radical (unpaired) electrons. The second-order valence-corrected chi connectivity index (χ2v) is 8.98. The summed E-state index contributed by atoms with van der Waals surface area (Å²) in [7, 11) is 0. The van der Waals surface area contributed by atoms with Gasteiger partial charge < -0.3 is 10.1 Å². The van der Waals surface area contributed by atoms with Crippen molar-refractivity contribution in [1.29, 1.82) is 0 Å². The first-order valence-corrected chi connectivity index (χ1v) is 11.5. The van der Waals surface area contributed by atoms with Gasteiger partial charge in [0.25, 0.3) is 5.56 Å². The molecule has 2 heterocycles. The molecule has 0 bridgehead atoms. The molecule has 1 amide bonds. The lowest BCUT2D eigenvalue weighted by Gasteiger charge is -2.06. The number of hydrogen-bond acceptors (Lipinski definition) is 6. The number of carbonyl (C=O) groups is 2. The summed E-state index contributed by atoms with van der Waals surface area (Å²) < 4.78 is 7.15. The number of nitrogens with one attached hydrogen (secondary N) is 1. The molecule has 6 nitrogen and oxygen atoms in total. The van der Waals surface area contributed by atoms with Crippen LogP contribution < -0.4 is 20.1 Å². The number of esters is 1. The average molecular weight is 457 g/mol. The number of thiophene rings is 1. The predicted molar refractivity (Wildman–Crippen MR) is 125 cm³/mol. The van der Waals surface area contributed by atoms with Crippen LogP contribution in [0.25, 0.3) is 12.2 Å². The van der Waals surface area contributed by atoms with Crippen molar-refractivity contribution >= 4 is 46.7 Å². The van der Waals surface area contributed by atoms with E-state index in [0.29, 0.717) is 15.7 Å². The molecular weight excluding hydrogens is 432 g/mol. The summed E-state index contributed by atoms with van der Waals surface area (Å²) in [5.74, 6) is -0.853. The lowest BCUT2D eigenvalue weighted by Crippen LogP contribution is -2.38. The van der Waals surface area contributed by atoms with Crippen LogP contribution >= 0.6 is 22.7 Å². The number of carbonyl (C=O) groups excluding carboxylic acids is 2. The fourth-order valence-corrected chi connectivity index (χ4v) is 4.78. The van der Waals surface area contributed by atoms with Crippen molar-refractivity contribution in [3.05, 3.63) is 76.8 Å². The monoisotopic (exact) mass is 456 g/mol. The van der Waals surface area contributed by atoms with Crippen molar-refractivity contribution in [2.75, 3.05) is 6.61 Å². The Balaban J connectivity index is 1.90. The topological polar surface area (TPSA) is 77.4 Å². The maximum atomic E-state index is 13.0. The first-order chi connectivity index (χ1) is 14.9. The molecule has 162 valence electrons. The minimum Gasteiger partial charge on any atom is -0.463 e. The lowest BCUT2D eigenvalue weighted by atomic mass is 10.1. The molecule has 8 heteroatoms. The van der Waals surface area contributed by atoms with Crippen molar-refractivity contribution < 1.29 is 14.3 Å². The molecule has 0 aliphatic carbocycles. The predicted octanol–water partition coefficient (Wildman–Crippen LogP) is 2.08. The third kappa shape index (κ3) is 6.02.